The zero-order valence-electron chi connectivity index (χ0n) is 18.6. The molecular weight excluding hydrogens is 418 g/mol. The molecule has 0 amide bonds. The van der Waals surface area contributed by atoms with Crippen molar-refractivity contribution >= 4 is 40.1 Å². The number of benzene rings is 4. The lowest BCUT2D eigenvalue weighted by Crippen LogP contribution is -1.94. The van der Waals surface area contributed by atoms with Gasteiger partial charge >= 0.3 is 0 Å². The Morgan fingerprint density at radius 2 is 1.36 bits per heavy atom. The van der Waals surface area contributed by atoms with Crippen LogP contribution in [0.5, 0.6) is 0 Å². The second kappa shape index (κ2) is 8.65. The third-order valence-corrected chi connectivity index (χ3v) is 6.76. The van der Waals surface area contributed by atoms with E-state index in [4.69, 9.17) is 12.6 Å². The number of aryl methyl sites for hydroxylation is 1. The number of rotatable bonds is 5. The molecule has 2 heteroatoms. The van der Waals surface area contributed by atoms with Gasteiger partial charge in [-0.25, -0.2) is 0 Å². The fourth-order valence-corrected chi connectivity index (χ4v) is 4.81. The molecule has 0 unspecified atom stereocenters. The van der Waals surface area contributed by atoms with Gasteiger partial charge in [-0.3, -0.25) is 0 Å². The zero-order chi connectivity index (χ0) is 22.9. The Morgan fingerprint density at radius 3 is 2.03 bits per heavy atom. The third-order valence-electron chi connectivity index (χ3n) is 6.19. The first-order valence-electron chi connectivity index (χ1n) is 11.0. The van der Waals surface area contributed by atoms with Gasteiger partial charge in [-0.15, -0.1) is 12.6 Å². The predicted octanol–water partition coefficient (Wildman–Crippen LogP) is 8.94. The van der Waals surface area contributed by atoms with Gasteiger partial charge in [-0.2, -0.15) is 0 Å². The van der Waals surface area contributed by atoms with Gasteiger partial charge in [0.25, 0.3) is 0 Å². The Balaban J connectivity index is 1.72. The number of nitrogens with zero attached hydrogens (tertiary/aromatic N) is 1. The molecule has 1 heterocycles. The summed E-state index contributed by atoms with van der Waals surface area (Å²) in [4.78, 5) is 1.01. The van der Waals surface area contributed by atoms with E-state index in [1.807, 2.05) is 18.2 Å². The van der Waals surface area contributed by atoms with Crippen molar-refractivity contribution in [1.29, 1.82) is 0 Å². The summed E-state index contributed by atoms with van der Waals surface area (Å²) < 4.78 is 2.24. The molecule has 5 aromatic rings. The molecule has 160 valence electrons. The van der Waals surface area contributed by atoms with Gasteiger partial charge in [0.15, 0.2) is 0 Å². The highest BCUT2D eigenvalue weighted by Gasteiger charge is 2.16. The SMILES string of the molecule is C=C/C=C(\C=C)n1c2ccc(-c3ccc(-c4ccccc4)cc3)cc2c2c(S)c(C)ccc21. The molecule has 0 saturated carbocycles. The van der Waals surface area contributed by atoms with Gasteiger partial charge in [0.05, 0.1) is 11.0 Å². The normalized spacial score (nSPS) is 11.8. The minimum atomic E-state index is 0.988. The summed E-state index contributed by atoms with van der Waals surface area (Å²) in [5.41, 5.74) is 9.21. The first kappa shape index (κ1) is 21.1. The van der Waals surface area contributed by atoms with E-state index in [9.17, 15) is 0 Å². The molecule has 0 aliphatic carbocycles. The molecular formula is C31H25NS. The minimum absolute atomic E-state index is 0.988. The van der Waals surface area contributed by atoms with Gasteiger partial charge in [0.1, 0.15) is 0 Å². The molecule has 1 nitrogen and oxygen atoms in total. The van der Waals surface area contributed by atoms with Gasteiger partial charge in [-0.05, 0) is 65.1 Å². The largest absolute Gasteiger partial charge is 0.309 e. The van der Waals surface area contributed by atoms with Crippen LogP contribution in [-0.2, 0) is 0 Å². The van der Waals surface area contributed by atoms with Crippen molar-refractivity contribution in [3.05, 3.63) is 122 Å². The van der Waals surface area contributed by atoms with Crippen molar-refractivity contribution in [3.8, 4) is 22.3 Å². The van der Waals surface area contributed by atoms with E-state index in [0.29, 0.717) is 0 Å². The van der Waals surface area contributed by atoms with Crippen molar-refractivity contribution in [2.75, 3.05) is 0 Å². The molecule has 0 saturated heterocycles. The van der Waals surface area contributed by atoms with Crippen LogP contribution in [0.3, 0.4) is 0 Å². The molecule has 1 aromatic heterocycles. The molecule has 0 aliphatic heterocycles. The van der Waals surface area contributed by atoms with E-state index in [2.05, 4.69) is 104 Å². The molecule has 0 fully saturated rings. The lowest BCUT2D eigenvalue weighted by molar-refractivity contribution is 1.23. The summed E-state index contributed by atoms with van der Waals surface area (Å²) >= 11 is 4.90. The topological polar surface area (TPSA) is 4.93 Å². The second-order valence-electron chi connectivity index (χ2n) is 8.17. The predicted molar refractivity (Wildman–Crippen MR) is 147 cm³/mol. The Kier molecular flexibility index (Phi) is 5.53. The average Bonchev–Trinajstić information content (AvgIpc) is 3.19. The monoisotopic (exact) mass is 443 g/mol. The first-order chi connectivity index (χ1) is 16.1. The van der Waals surface area contributed by atoms with Crippen LogP contribution in [0, 0.1) is 6.92 Å². The Morgan fingerprint density at radius 1 is 0.758 bits per heavy atom. The van der Waals surface area contributed by atoms with Gasteiger partial charge in [0, 0.05) is 21.4 Å². The van der Waals surface area contributed by atoms with Crippen molar-refractivity contribution in [1.82, 2.24) is 4.57 Å². The van der Waals surface area contributed by atoms with Crippen LogP contribution >= 0.6 is 12.6 Å². The molecule has 5 rings (SSSR count). The Labute approximate surface area is 200 Å². The number of thiol groups is 1. The summed E-state index contributed by atoms with van der Waals surface area (Å²) in [6, 6.07) is 30.2. The Bertz CT molecular complexity index is 1530. The number of aromatic nitrogens is 1. The number of fused-ring (bicyclic) bond motifs is 3. The van der Waals surface area contributed by atoms with Crippen LogP contribution in [-0.4, -0.2) is 4.57 Å². The maximum Gasteiger partial charge on any atom is 0.0552 e. The van der Waals surface area contributed by atoms with Gasteiger partial charge < -0.3 is 4.57 Å². The average molecular weight is 444 g/mol. The summed E-state index contributed by atoms with van der Waals surface area (Å²) in [5, 5.41) is 2.34. The third kappa shape index (κ3) is 3.63. The van der Waals surface area contributed by atoms with Crippen LogP contribution in [0.15, 0.2) is 121 Å². The highest BCUT2D eigenvalue weighted by Crippen LogP contribution is 2.39. The summed E-state index contributed by atoms with van der Waals surface area (Å²) in [7, 11) is 0. The van der Waals surface area contributed by atoms with Crippen molar-refractivity contribution in [2.45, 2.75) is 11.8 Å². The van der Waals surface area contributed by atoms with E-state index in [-0.39, 0.29) is 0 Å². The van der Waals surface area contributed by atoms with E-state index in [1.54, 1.807) is 6.08 Å². The van der Waals surface area contributed by atoms with Crippen molar-refractivity contribution < 1.29 is 0 Å². The number of hydrogen-bond acceptors (Lipinski definition) is 1. The second-order valence-corrected chi connectivity index (χ2v) is 8.61. The molecule has 33 heavy (non-hydrogen) atoms. The minimum Gasteiger partial charge on any atom is -0.309 e. The lowest BCUT2D eigenvalue weighted by atomic mass is 9.99. The maximum absolute atomic E-state index is 4.90. The quantitative estimate of drug-likeness (QED) is 0.204. The van der Waals surface area contributed by atoms with E-state index < -0.39 is 0 Å². The van der Waals surface area contributed by atoms with Gasteiger partial charge in [0.2, 0.25) is 0 Å². The van der Waals surface area contributed by atoms with E-state index in [0.717, 1.165) is 32.6 Å². The molecule has 0 atom stereocenters. The standard InChI is InChI=1S/C31H25NS/c1-4-9-26(5-2)32-28-19-17-25(20-27(28)30-29(32)18-12-21(3)31(30)33)24-15-13-23(14-16-24)22-10-7-6-8-11-22/h4-20,33H,1-2H2,3H3/b26-9+. The first-order valence-corrected chi connectivity index (χ1v) is 11.4. The van der Waals surface area contributed by atoms with Gasteiger partial charge in [-0.1, -0.05) is 86.0 Å². The van der Waals surface area contributed by atoms with E-state index >= 15 is 0 Å². The molecule has 4 aromatic carbocycles. The zero-order valence-corrected chi connectivity index (χ0v) is 19.5. The molecule has 0 N–H and O–H groups in total. The van der Waals surface area contributed by atoms with Crippen LogP contribution in [0.1, 0.15) is 5.56 Å². The molecule has 0 aliphatic rings. The Hall–Kier alpha value is -3.75. The highest BCUT2D eigenvalue weighted by atomic mass is 32.1. The smallest absolute Gasteiger partial charge is 0.0552 e. The maximum atomic E-state index is 4.90. The van der Waals surface area contributed by atoms with Crippen LogP contribution in [0.4, 0.5) is 0 Å². The van der Waals surface area contributed by atoms with Crippen LogP contribution in [0.2, 0.25) is 0 Å². The van der Waals surface area contributed by atoms with E-state index in [1.165, 1.54) is 27.6 Å². The fraction of sp³-hybridized carbons (Fsp3) is 0.0323. The fourth-order valence-electron chi connectivity index (χ4n) is 4.50. The number of hydrogen-bond donors (Lipinski definition) is 1. The molecule has 0 bridgehead atoms. The lowest BCUT2D eigenvalue weighted by Gasteiger charge is -2.09. The summed E-state index contributed by atoms with van der Waals surface area (Å²) in [5.74, 6) is 0. The molecule has 0 radical (unpaired) electrons. The van der Waals surface area contributed by atoms with Crippen molar-refractivity contribution in [3.63, 3.8) is 0 Å². The van der Waals surface area contributed by atoms with Crippen molar-refractivity contribution in [2.24, 2.45) is 0 Å². The number of allylic oxidation sites excluding steroid dienone is 4. The highest BCUT2D eigenvalue weighted by molar-refractivity contribution is 7.80. The van der Waals surface area contributed by atoms with Crippen LogP contribution < -0.4 is 0 Å². The summed E-state index contributed by atoms with van der Waals surface area (Å²) in [6.07, 6.45) is 5.65. The van der Waals surface area contributed by atoms with Crippen LogP contribution in [0.25, 0.3) is 49.8 Å². The molecule has 0 spiro atoms. The summed E-state index contributed by atoms with van der Waals surface area (Å²) in [6.45, 7) is 10.0.